The predicted molar refractivity (Wildman–Crippen MR) is 94.1 cm³/mol. The number of rotatable bonds is 6. The molecule has 3 rings (SSSR count). The van der Waals surface area contributed by atoms with Crippen LogP contribution in [0.4, 0.5) is 5.82 Å². The van der Waals surface area contributed by atoms with Crippen molar-refractivity contribution >= 4 is 11.5 Å². The quantitative estimate of drug-likeness (QED) is 0.843. The number of imidazole rings is 1. The van der Waals surface area contributed by atoms with Gasteiger partial charge < -0.3 is 15.8 Å². The minimum Gasteiger partial charge on any atom is -0.459 e. The summed E-state index contributed by atoms with van der Waals surface area (Å²) in [6.45, 7) is 7.47. The van der Waals surface area contributed by atoms with Crippen molar-refractivity contribution in [1.82, 2.24) is 24.9 Å². The van der Waals surface area contributed by atoms with Crippen molar-refractivity contribution in [3.8, 4) is 6.01 Å². The zero-order valence-electron chi connectivity index (χ0n) is 14.8. The molecule has 3 N–H and O–H groups in total. The highest BCUT2D eigenvalue weighted by atomic mass is 16.5. The van der Waals surface area contributed by atoms with E-state index in [1.54, 1.807) is 0 Å². The van der Waals surface area contributed by atoms with Crippen molar-refractivity contribution in [2.45, 2.75) is 65.0 Å². The van der Waals surface area contributed by atoms with Gasteiger partial charge in [-0.2, -0.15) is 4.98 Å². The fourth-order valence-corrected chi connectivity index (χ4v) is 3.48. The van der Waals surface area contributed by atoms with Crippen LogP contribution in [0.1, 0.15) is 52.1 Å². The van der Waals surface area contributed by atoms with Crippen LogP contribution in [-0.2, 0) is 6.42 Å². The Bertz CT molecular complexity index is 685. The molecule has 7 heteroatoms. The van der Waals surface area contributed by atoms with Crippen LogP contribution < -0.4 is 15.8 Å². The highest BCUT2D eigenvalue weighted by molar-refractivity contribution is 5.59. The average Bonchev–Trinajstić information content (AvgIpc) is 2.91. The second-order valence-electron chi connectivity index (χ2n) is 6.93. The number of nitrogens with one attached hydrogen (secondary N) is 1. The van der Waals surface area contributed by atoms with E-state index in [9.17, 15) is 0 Å². The monoisotopic (exact) mass is 332 g/mol. The van der Waals surface area contributed by atoms with E-state index in [0.717, 1.165) is 31.5 Å². The van der Waals surface area contributed by atoms with Crippen molar-refractivity contribution in [3.63, 3.8) is 0 Å². The third-order valence-corrected chi connectivity index (χ3v) is 4.67. The minimum atomic E-state index is 0.0732. The number of nitrogen functional groups attached to an aromatic ring is 1. The number of hydrogen-bond donors (Lipinski definition) is 2. The summed E-state index contributed by atoms with van der Waals surface area (Å²) in [7, 11) is 0. The van der Waals surface area contributed by atoms with Gasteiger partial charge in [0.15, 0.2) is 11.5 Å². The van der Waals surface area contributed by atoms with Crippen LogP contribution in [0.2, 0.25) is 0 Å². The summed E-state index contributed by atoms with van der Waals surface area (Å²) >= 11 is 0. The Morgan fingerprint density at radius 2 is 2.33 bits per heavy atom. The molecule has 0 spiro atoms. The first-order valence-corrected chi connectivity index (χ1v) is 8.97. The fourth-order valence-electron chi connectivity index (χ4n) is 3.48. The molecule has 0 bridgehead atoms. The fraction of sp³-hybridized carbons (Fsp3) is 0.706. The summed E-state index contributed by atoms with van der Waals surface area (Å²) in [5.41, 5.74) is 7.74. The molecule has 1 aliphatic heterocycles. The first kappa shape index (κ1) is 17.0. The molecule has 0 radical (unpaired) electrons. The number of hydrogen-bond acceptors (Lipinski definition) is 6. The number of fused-ring (bicyclic) bond motifs is 1. The molecule has 0 amide bonds. The predicted octanol–water partition coefficient (Wildman–Crippen LogP) is 2.20. The lowest BCUT2D eigenvalue weighted by atomic mass is 9.89. The number of aromatic nitrogens is 4. The SMILES string of the molecule is CCC[C@H](C)Oc1nc(N)c2ncc(CC3CCN[C@@H](C)C3)n2n1. The summed E-state index contributed by atoms with van der Waals surface area (Å²) in [5, 5.41) is 8.02. The van der Waals surface area contributed by atoms with E-state index in [1.807, 2.05) is 17.6 Å². The lowest BCUT2D eigenvalue weighted by molar-refractivity contribution is 0.189. The van der Waals surface area contributed by atoms with Gasteiger partial charge in [-0.05, 0) is 52.0 Å². The normalized spacial score (nSPS) is 22.6. The Morgan fingerprint density at radius 1 is 1.50 bits per heavy atom. The first-order valence-electron chi connectivity index (χ1n) is 8.97. The molecule has 7 nitrogen and oxygen atoms in total. The molecule has 0 aliphatic carbocycles. The topological polar surface area (TPSA) is 90.4 Å². The standard InChI is InChI=1S/C17H28N6O/c1-4-5-12(3)24-17-21-15(18)16-20-10-14(23(16)22-17)9-13-6-7-19-11(2)8-13/h10-13,19H,4-9H2,1-3H3,(H2,18,21,22)/t11-,12-,13?/m0/s1. The van der Waals surface area contributed by atoms with Crippen LogP contribution in [0, 0.1) is 5.92 Å². The van der Waals surface area contributed by atoms with Gasteiger partial charge in [0.1, 0.15) is 0 Å². The molecule has 24 heavy (non-hydrogen) atoms. The Labute approximate surface area is 143 Å². The van der Waals surface area contributed by atoms with Gasteiger partial charge in [0.25, 0.3) is 0 Å². The second kappa shape index (κ2) is 7.34. The average molecular weight is 332 g/mol. The second-order valence-corrected chi connectivity index (χ2v) is 6.93. The van der Waals surface area contributed by atoms with Crippen LogP contribution in [-0.4, -0.2) is 38.3 Å². The third-order valence-electron chi connectivity index (χ3n) is 4.67. The molecular formula is C17H28N6O. The third kappa shape index (κ3) is 3.77. The maximum atomic E-state index is 6.05. The molecule has 1 aliphatic rings. The lowest BCUT2D eigenvalue weighted by Gasteiger charge is -2.27. The van der Waals surface area contributed by atoms with Gasteiger partial charge in [-0.1, -0.05) is 13.3 Å². The molecule has 1 fully saturated rings. The van der Waals surface area contributed by atoms with Gasteiger partial charge in [0, 0.05) is 6.04 Å². The molecule has 1 saturated heterocycles. The van der Waals surface area contributed by atoms with E-state index < -0.39 is 0 Å². The summed E-state index contributed by atoms with van der Waals surface area (Å²) < 4.78 is 7.62. The van der Waals surface area contributed by atoms with Crippen LogP contribution in [0.25, 0.3) is 5.65 Å². The van der Waals surface area contributed by atoms with E-state index in [0.29, 0.717) is 29.4 Å². The van der Waals surface area contributed by atoms with Gasteiger partial charge in [0.2, 0.25) is 0 Å². The van der Waals surface area contributed by atoms with Gasteiger partial charge in [-0.15, -0.1) is 5.10 Å². The van der Waals surface area contributed by atoms with Crippen LogP contribution in [0.3, 0.4) is 0 Å². The molecule has 1 unspecified atom stereocenters. The highest BCUT2D eigenvalue weighted by Gasteiger charge is 2.21. The smallest absolute Gasteiger partial charge is 0.336 e. The van der Waals surface area contributed by atoms with Crippen LogP contribution in [0.5, 0.6) is 6.01 Å². The van der Waals surface area contributed by atoms with E-state index in [4.69, 9.17) is 10.5 Å². The molecule has 2 aromatic heterocycles. The largest absolute Gasteiger partial charge is 0.459 e. The van der Waals surface area contributed by atoms with E-state index >= 15 is 0 Å². The van der Waals surface area contributed by atoms with E-state index in [-0.39, 0.29) is 6.10 Å². The van der Waals surface area contributed by atoms with Gasteiger partial charge in [-0.25, -0.2) is 9.50 Å². The number of nitrogens with zero attached hydrogens (tertiary/aromatic N) is 4. The Hall–Kier alpha value is -1.89. The molecular weight excluding hydrogens is 304 g/mol. The Kier molecular flexibility index (Phi) is 5.18. The van der Waals surface area contributed by atoms with Crippen molar-refractivity contribution in [3.05, 3.63) is 11.9 Å². The van der Waals surface area contributed by atoms with Crippen molar-refractivity contribution in [2.24, 2.45) is 5.92 Å². The highest BCUT2D eigenvalue weighted by Crippen LogP contribution is 2.23. The number of ether oxygens (including phenoxy) is 1. The molecule has 3 heterocycles. The zero-order valence-corrected chi connectivity index (χ0v) is 14.8. The van der Waals surface area contributed by atoms with Gasteiger partial charge in [-0.3, -0.25) is 0 Å². The van der Waals surface area contributed by atoms with Crippen molar-refractivity contribution in [2.75, 3.05) is 12.3 Å². The summed E-state index contributed by atoms with van der Waals surface area (Å²) in [6, 6.07) is 0.898. The van der Waals surface area contributed by atoms with Gasteiger partial charge in [0.05, 0.1) is 18.0 Å². The number of piperidine rings is 1. The molecule has 132 valence electrons. The summed E-state index contributed by atoms with van der Waals surface area (Å²) in [6.07, 6.45) is 7.26. The van der Waals surface area contributed by atoms with Crippen molar-refractivity contribution in [1.29, 1.82) is 0 Å². The molecule has 2 aromatic rings. The van der Waals surface area contributed by atoms with Crippen LogP contribution >= 0.6 is 0 Å². The van der Waals surface area contributed by atoms with E-state index in [2.05, 4.69) is 34.2 Å². The molecule has 0 saturated carbocycles. The van der Waals surface area contributed by atoms with Crippen molar-refractivity contribution < 1.29 is 4.74 Å². The zero-order chi connectivity index (χ0) is 17.1. The van der Waals surface area contributed by atoms with Gasteiger partial charge >= 0.3 is 6.01 Å². The molecule has 0 aromatic carbocycles. The number of nitrogens with two attached hydrogens (primary N) is 1. The first-order chi connectivity index (χ1) is 11.6. The molecule has 3 atom stereocenters. The Morgan fingerprint density at radius 3 is 3.08 bits per heavy atom. The Balaban J connectivity index is 1.82. The summed E-state index contributed by atoms with van der Waals surface area (Å²) in [4.78, 5) is 8.65. The minimum absolute atomic E-state index is 0.0732. The maximum Gasteiger partial charge on any atom is 0.336 e. The summed E-state index contributed by atoms with van der Waals surface area (Å²) in [5.74, 6) is 1.01. The van der Waals surface area contributed by atoms with Crippen LogP contribution in [0.15, 0.2) is 6.20 Å². The number of anilines is 1. The maximum absolute atomic E-state index is 6.05. The lowest BCUT2D eigenvalue weighted by Crippen LogP contribution is -2.36. The van der Waals surface area contributed by atoms with E-state index in [1.165, 1.54) is 12.8 Å².